The number of benzene rings is 2. The molecule has 1 heterocycles. The maximum absolute atomic E-state index is 12.1. The average Bonchev–Trinajstić information content (AvgIpc) is 2.83. The van der Waals surface area contributed by atoms with E-state index in [1.165, 1.54) is 12.4 Å². The van der Waals surface area contributed by atoms with Crippen molar-refractivity contribution in [2.75, 3.05) is 6.61 Å². The summed E-state index contributed by atoms with van der Waals surface area (Å²) in [6.07, 6.45) is 6.30. The number of hydrogen-bond acceptors (Lipinski definition) is 7. The molecular weight excluding hydrogens is 419 g/mol. The van der Waals surface area contributed by atoms with Crippen molar-refractivity contribution in [1.82, 2.24) is 15.3 Å². The quantitative estimate of drug-likeness (QED) is 0.343. The third-order valence-corrected chi connectivity index (χ3v) is 4.81. The van der Waals surface area contributed by atoms with Gasteiger partial charge in [0.15, 0.2) is 0 Å². The largest absolute Gasteiger partial charge is 0.475 e. The van der Waals surface area contributed by atoms with Crippen LogP contribution in [-0.4, -0.2) is 45.8 Å². The number of carbonyl (C=O) groups is 1. The van der Waals surface area contributed by atoms with Crippen LogP contribution in [0.4, 0.5) is 4.79 Å². The Balaban J connectivity index is 1.54. The number of nitrogens with one attached hydrogen (secondary N) is 1. The Morgan fingerprint density at radius 2 is 1.94 bits per heavy atom. The number of allylic oxidation sites excluding steroid dienone is 1. The molecule has 2 aromatic carbocycles. The van der Waals surface area contributed by atoms with Crippen LogP contribution in [0, 0.1) is 11.3 Å². The Morgan fingerprint density at radius 1 is 1.15 bits per heavy atom. The first-order valence-corrected chi connectivity index (χ1v) is 10.4. The number of alkyl carbamates (subject to hydrolysis) is 1. The number of hydrogen-bond donors (Lipinski definition) is 3. The molecule has 166 valence electrons. The number of nitrogens with zero attached hydrogens (tertiary/aromatic N) is 3. The summed E-state index contributed by atoms with van der Waals surface area (Å²) in [5.74, 6) is -0.890. The molecule has 1 atom stereocenters. The van der Waals surface area contributed by atoms with E-state index < -0.39 is 19.2 Å². The second-order valence-corrected chi connectivity index (χ2v) is 7.25. The lowest BCUT2D eigenvalue weighted by Crippen LogP contribution is -2.48. The molecular formula is C24H23BN4O4. The highest BCUT2D eigenvalue weighted by atomic mass is 16.5. The highest BCUT2D eigenvalue weighted by Gasteiger charge is 2.26. The van der Waals surface area contributed by atoms with Gasteiger partial charge in [-0.05, 0) is 29.2 Å². The maximum atomic E-state index is 12.1. The molecule has 0 saturated heterocycles. The predicted octanol–water partition coefficient (Wildman–Crippen LogP) is 2.43. The van der Waals surface area contributed by atoms with E-state index in [1.54, 1.807) is 12.3 Å². The van der Waals surface area contributed by atoms with E-state index in [4.69, 9.17) is 4.74 Å². The fourth-order valence-electron chi connectivity index (χ4n) is 3.16. The first-order chi connectivity index (χ1) is 16.0. The van der Waals surface area contributed by atoms with E-state index in [9.17, 15) is 20.1 Å². The van der Waals surface area contributed by atoms with Gasteiger partial charge in [-0.2, -0.15) is 5.26 Å². The molecule has 1 aromatic heterocycles. The van der Waals surface area contributed by atoms with E-state index in [2.05, 4.69) is 21.4 Å². The topological polar surface area (TPSA) is 128 Å². The van der Waals surface area contributed by atoms with Crippen LogP contribution in [0.3, 0.4) is 0 Å². The fraction of sp³-hybridized carbons (Fsp3) is 0.167. The Bertz CT molecular complexity index is 1120. The first kappa shape index (κ1) is 23.7. The molecule has 3 aromatic rings. The summed E-state index contributed by atoms with van der Waals surface area (Å²) in [7, 11) is -1.72. The molecule has 0 spiro atoms. The molecule has 33 heavy (non-hydrogen) atoms. The van der Waals surface area contributed by atoms with E-state index >= 15 is 0 Å². The number of rotatable bonds is 9. The summed E-state index contributed by atoms with van der Waals surface area (Å²) in [4.78, 5) is 20.3. The van der Waals surface area contributed by atoms with Gasteiger partial charge in [0.25, 0.3) is 0 Å². The number of carbonyl (C=O) groups excluding carboxylic acids is 1. The van der Waals surface area contributed by atoms with Gasteiger partial charge in [0.2, 0.25) is 0 Å². The number of ether oxygens (including phenoxy) is 1. The molecule has 0 aliphatic carbocycles. The maximum Gasteiger partial charge on any atom is 0.475 e. The molecule has 0 aliphatic rings. The van der Waals surface area contributed by atoms with Crippen LogP contribution in [0.25, 0.3) is 11.6 Å². The van der Waals surface area contributed by atoms with Gasteiger partial charge < -0.3 is 20.1 Å². The second-order valence-electron chi connectivity index (χ2n) is 7.25. The molecule has 3 N–H and O–H groups in total. The van der Waals surface area contributed by atoms with Crippen molar-refractivity contribution in [3.8, 4) is 6.07 Å². The SMILES string of the molecule is N#CC(=Cc1cccc(CCOC(=O)NC(Cc2ccccc2)B(O)O)c1)c1cnccn1. The van der Waals surface area contributed by atoms with Gasteiger partial charge in [-0.3, -0.25) is 9.97 Å². The van der Waals surface area contributed by atoms with Crippen molar-refractivity contribution in [3.63, 3.8) is 0 Å². The Labute approximate surface area is 192 Å². The number of aromatic nitrogens is 2. The summed E-state index contributed by atoms with van der Waals surface area (Å²) < 4.78 is 5.22. The Kier molecular flexibility index (Phi) is 8.71. The summed E-state index contributed by atoms with van der Waals surface area (Å²) >= 11 is 0. The van der Waals surface area contributed by atoms with Crippen molar-refractivity contribution < 1.29 is 19.6 Å². The van der Waals surface area contributed by atoms with Crippen LogP contribution in [0.5, 0.6) is 0 Å². The van der Waals surface area contributed by atoms with Crippen LogP contribution >= 0.6 is 0 Å². The van der Waals surface area contributed by atoms with Gasteiger partial charge in [0.05, 0.1) is 30.0 Å². The van der Waals surface area contributed by atoms with Crippen LogP contribution in [0.2, 0.25) is 0 Å². The van der Waals surface area contributed by atoms with Crippen molar-refractivity contribution in [1.29, 1.82) is 5.26 Å². The van der Waals surface area contributed by atoms with E-state index in [-0.39, 0.29) is 13.0 Å². The van der Waals surface area contributed by atoms with Crippen LogP contribution in [0.15, 0.2) is 73.2 Å². The zero-order valence-electron chi connectivity index (χ0n) is 17.8. The zero-order chi connectivity index (χ0) is 23.5. The van der Waals surface area contributed by atoms with Crippen LogP contribution < -0.4 is 5.32 Å². The van der Waals surface area contributed by atoms with Crippen LogP contribution in [0.1, 0.15) is 22.4 Å². The van der Waals surface area contributed by atoms with Crippen molar-refractivity contribution in [2.45, 2.75) is 18.8 Å². The highest BCUT2D eigenvalue weighted by Crippen LogP contribution is 2.16. The molecule has 9 heteroatoms. The summed E-state index contributed by atoms with van der Waals surface area (Å²) in [6.45, 7) is 0.105. The lowest BCUT2D eigenvalue weighted by Gasteiger charge is -2.17. The molecule has 0 saturated carbocycles. The van der Waals surface area contributed by atoms with Gasteiger partial charge in [0, 0.05) is 18.8 Å². The molecule has 8 nitrogen and oxygen atoms in total. The minimum atomic E-state index is -1.72. The molecule has 0 fully saturated rings. The van der Waals surface area contributed by atoms with E-state index in [1.807, 2.05) is 54.6 Å². The molecule has 1 unspecified atom stereocenters. The Morgan fingerprint density at radius 3 is 2.64 bits per heavy atom. The van der Waals surface area contributed by atoms with Gasteiger partial charge in [0.1, 0.15) is 6.07 Å². The normalized spacial score (nSPS) is 11.8. The molecule has 0 radical (unpaired) electrons. The van der Waals surface area contributed by atoms with E-state index in [0.29, 0.717) is 17.7 Å². The standard InChI is InChI=1S/C24H23BN4O4/c26-16-21(22-17-27-10-11-28-22)14-20-8-4-7-19(13-20)9-12-33-24(30)29-23(25(31)32)15-18-5-2-1-3-6-18/h1-8,10-11,13-14,17,23,31-32H,9,12,15H2,(H,29,30). The minimum Gasteiger partial charge on any atom is -0.449 e. The van der Waals surface area contributed by atoms with Gasteiger partial charge in [-0.1, -0.05) is 54.6 Å². The number of nitriles is 1. The van der Waals surface area contributed by atoms with E-state index in [0.717, 1.165) is 16.7 Å². The second kappa shape index (κ2) is 12.1. The molecule has 1 amide bonds. The molecule has 3 rings (SSSR count). The predicted molar refractivity (Wildman–Crippen MR) is 124 cm³/mol. The van der Waals surface area contributed by atoms with Gasteiger partial charge in [-0.25, -0.2) is 4.79 Å². The minimum absolute atomic E-state index is 0.105. The zero-order valence-corrected chi connectivity index (χ0v) is 17.8. The highest BCUT2D eigenvalue weighted by molar-refractivity contribution is 6.43. The van der Waals surface area contributed by atoms with Crippen LogP contribution in [-0.2, 0) is 17.6 Å². The van der Waals surface area contributed by atoms with Crippen molar-refractivity contribution >= 4 is 24.9 Å². The lowest BCUT2D eigenvalue weighted by atomic mass is 9.76. The van der Waals surface area contributed by atoms with Crippen molar-refractivity contribution in [3.05, 3.63) is 95.6 Å². The smallest absolute Gasteiger partial charge is 0.449 e. The third-order valence-electron chi connectivity index (χ3n) is 4.81. The number of amides is 1. The summed E-state index contributed by atoms with van der Waals surface area (Å²) in [5.41, 5.74) is 3.46. The summed E-state index contributed by atoms with van der Waals surface area (Å²) in [6, 6.07) is 18.8. The molecule has 0 bridgehead atoms. The average molecular weight is 442 g/mol. The molecule has 0 aliphatic heterocycles. The van der Waals surface area contributed by atoms with Gasteiger partial charge in [-0.15, -0.1) is 0 Å². The third kappa shape index (κ3) is 7.57. The monoisotopic (exact) mass is 442 g/mol. The lowest BCUT2D eigenvalue weighted by molar-refractivity contribution is 0.144. The van der Waals surface area contributed by atoms with Gasteiger partial charge >= 0.3 is 13.2 Å². The Hall–Kier alpha value is -4.00. The summed E-state index contributed by atoms with van der Waals surface area (Å²) in [5, 5.41) is 31.1. The fourth-order valence-corrected chi connectivity index (χ4v) is 3.16. The first-order valence-electron chi connectivity index (χ1n) is 10.4. The van der Waals surface area contributed by atoms with Crippen molar-refractivity contribution in [2.24, 2.45) is 0 Å².